The van der Waals surface area contributed by atoms with Gasteiger partial charge >= 0.3 is 0 Å². The molecule has 2 heterocycles. The van der Waals surface area contributed by atoms with E-state index in [4.69, 9.17) is 11.6 Å². The van der Waals surface area contributed by atoms with E-state index in [1.807, 2.05) is 6.07 Å². The maximum atomic E-state index is 5.85. The van der Waals surface area contributed by atoms with Crippen molar-refractivity contribution in [1.29, 1.82) is 0 Å². The van der Waals surface area contributed by atoms with Gasteiger partial charge in [-0.05, 0) is 18.2 Å². The van der Waals surface area contributed by atoms with E-state index in [0.29, 0.717) is 16.5 Å². The number of aromatic nitrogens is 5. The first-order chi connectivity index (χ1) is 7.83. The molecular weight excluding hydrogens is 226 g/mol. The molecule has 0 unspecified atom stereocenters. The number of imidazole rings is 1. The van der Waals surface area contributed by atoms with Crippen LogP contribution in [0.25, 0.3) is 17.0 Å². The van der Waals surface area contributed by atoms with Crippen LogP contribution in [-0.4, -0.2) is 24.7 Å². The van der Waals surface area contributed by atoms with Crippen LogP contribution in [-0.2, 0) is 0 Å². The Morgan fingerprint density at radius 3 is 2.88 bits per heavy atom. The van der Waals surface area contributed by atoms with Crippen LogP contribution in [0.15, 0.2) is 36.9 Å². The van der Waals surface area contributed by atoms with Crippen molar-refractivity contribution in [2.24, 2.45) is 0 Å². The van der Waals surface area contributed by atoms with Crippen LogP contribution in [0.2, 0.25) is 5.02 Å². The fourth-order valence-electron chi connectivity index (χ4n) is 1.39. The fraction of sp³-hybridized carbons (Fsp3) is 0. The Morgan fingerprint density at radius 2 is 2.06 bits per heavy atom. The second kappa shape index (κ2) is 3.53. The maximum Gasteiger partial charge on any atom is 0.255 e. The van der Waals surface area contributed by atoms with Crippen molar-refractivity contribution < 1.29 is 0 Å². The summed E-state index contributed by atoms with van der Waals surface area (Å²) in [4.78, 5) is 8.28. The lowest BCUT2D eigenvalue weighted by Crippen LogP contribution is -2.00. The van der Waals surface area contributed by atoms with E-state index in [0.717, 1.165) is 5.52 Å². The van der Waals surface area contributed by atoms with Crippen molar-refractivity contribution in [2.45, 2.75) is 0 Å². The van der Waals surface area contributed by atoms with Gasteiger partial charge in [0.15, 0.2) is 0 Å². The Kier molecular flexibility index (Phi) is 2.04. The molecule has 78 valence electrons. The lowest BCUT2D eigenvalue weighted by Gasteiger charge is -2.00. The first-order valence-corrected chi connectivity index (χ1v) is 4.99. The summed E-state index contributed by atoms with van der Waals surface area (Å²) in [6, 6.07) is 5.32. The maximum absolute atomic E-state index is 5.85. The molecule has 0 fully saturated rings. The van der Waals surface area contributed by atoms with Crippen LogP contribution < -0.4 is 0 Å². The quantitative estimate of drug-likeness (QED) is 0.642. The van der Waals surface area contributed by atoms with Crippen molar-refractivity contribution >= 4 is 22.6 Å². The van der Waals surface area contributed by atoms with Gasteiger partial charge in [-0.1, -0.05) is 11.6 Å². The summed E-state index contributed by atoms with van der Waals surface area (Å²) in [7, 11) is 0. The average molecular weight is 232 g/mol. The molecule has 3 rings (SSSR count). The first-order valence-electron chi connectivity index (χ1n) is 4.61. The number of halogens is 1. The Morgan fingerprint density at radius 1 is 1.12 bits per heavy atom. The minimum absolute atomic E-state index is 0.493. The number of nitrogens with zero attached hydrogens (tertiary/aromatic N) is 5. The van der Waals surface area contributed by atoms with Gasteiger partial charge < -0.3 is 0 Å². The molecule has 0 N–H and O–H groups in total. The van der Waals surface area contributed by atoms with Crippen LogP contribution in [0.3, 0.4) is 0 Å². The molecule has 5 nitrogen and oxygen atoms in total. The molecule has 0 saturated carbocycles. The number of rotatable bonds is 1. The summed E-state index contributed by atoms with van der Waals surface area (Å²) in [5, 5.41) is 8.67. The molecule has 1 aromatic carbocycles. The van der Waals surface area contributed by atoms with Gasteiger partial charge in [0.2, 0.25) is 0 Å². The number of fused-ring (bicyclic) bond motifs is 1. The molecule has 0 spiro atoms. The van der Waals surface area contributed by atoms with Crippen LogP contribution in [0.1, 0.15) is 0 Å². The largest absolute Gasteiger partial charge is 0.273 e. The molecule has 6 heteroatoms. The Labute approximate surface area is 95.7 Å². The van der Waals surface area contributed by atoms with Crippen molar-refractivity contribution in [3.05, 3.63) is 41.9 Å². The molecule has 0 aliphatic heterocycles. The highest BCUT2D eigenvalue weighted by molar-refractivity contribution is 6.31. The fourth-order valence-corrected chi connectivity index (χ4v) is 1.55. The third-order valence-corrected chi connectivity index (χ3v) is 2.38. The van der Waals surface area contributed by atoms with Crippen molar-refractivity contribution in [3.63, 3.8) is 0 Å². The molecule has 0 atom stereocenters. The molecular formula is C10H6ClN5. The van der Waals surface area contributed by atoms with E-state index in [1.54, 1.807) is 35.4 Å². The molecule has 16 heavy (non-hydrogen) atoms. The highest BCUT2D eigenvalue weighted by Gasteiger charge is 2.03. The minimum atomic E-state index is 0.493. The topological polar surface area (TPSA) is 56.5 Å². The zero-order valence-corrected chi connectivity index (χ0v) is 8.83. The Hall–Kier alpha value is -2.01. The average Bonchev–Trinajstić information content (AvgIpc) is 2.82. The SMILES string of the molecule is Clc1ccc2nc(-n3ccnc3)nnc2c1. The number of benzene rings is 1. The van der Waals surface area contributed by atoms with Gasteiger partial charge in [-0.25, -0.2) is 9.97 Å². The second-order valence-electron chi connectivity index (χ2n) is 3.21. The summed E-state index contributed by atoms with van der Waals surface area (Å²) >= 11 is 5.85. The van der Waals surface area contributed by atoms with Gasteiger partial charge in [-0.2, -0.15) is 0 Å². The van der Waals surface area contributed by atoms with E-state index in [-0.39, 0.29) is 0 Å². The molecule has 0 aliphatic rings. The van der Waals surface area contributed by atoms with E-state index in [1.165, 1.54) is 0 Å². The predicted molar refractivity (Wildman–Crippen MR) is 59.5 cm³/mol. The van der Waals surface area contributed by atoms with E-state index in [9.17, 15) is 0 Å². The van der Waals surface area contributed by atoms with Crippen LogP contribution >= 0.6 is 11.6 Å². The zero-order valence-electron chi connectivity index (χ0n) is 8.08. The summed E-state index contributed by atoms with van der Waals surface area (Å²) in [5.41, 5.74) is 1.43. The zero-order chi connectivity index (χ0) is 11.0. The normalized spacial score (nSPS) is 10.8. The van der Waals surface area contributed by atoms with Gasteiger partial charge in [-0.15, -0.1) is 10.2 Å². The van der Waals surface area contributed by atoms with Gasteiger partial charge in [0, 0.05) is 17.4 Å². The summed E-state index contributed by atoms with van der Waals surface area (Å²) in [6.45, 7) is 0. The number of hydrogen-bond acceptors (Lipinski definition) is 4. The summed E-state index contributed by atoms with van der Waals surface area (Å²) in [6.07, 6.45) is 5.05. The van der Waals surface area contributed by atoms with Gasteiger partial charge in [0.25, 0.3) is 5.95 Å². The van der Waals surface area contributed by atoms with Crippen LogP contribution in [0.4, 0.5) is 0 Å². The highest BCUT2D eigenvalue weighted by atomic mass is 35.5. The van der Waals surface area contributed by atoms with Crippen molar-refractivity contribution in [1.82, 2.24) is 24.7 Å². The molecule has 0 bridgehead atoms. The third-order valence-electron chi connectivity index (χ3n) is 2.14. The molecule has 0 saturated heterocycles. The summed E-state index contributed by atoms with van der Waals surface area (Å²) in [5.74, 6) is 0.493. The van der Waals surface area contributed by atoms with E-state index < -0.39 is 0 Å². The second-order valence-corrected chi connectivity index (χ2v) is 3.65. The Bertz CT molecular complexity index is 635. The van der Waals surface area contributed by atoms with Crippen molar-refractivity contribution in [2.75, 3.05) is 0 Å². The standard InChI is InChI=1S/C10H6ClN5/c11-7-1-2-8-9(5-7)14-15-10(13-8)16-4-3-12-6-16/h1-6H. The number of hydrogen-bond donors (Lipinski definition) is 0. The minimum Gasteiger partial charge on any atom is -0.273 e. The van der Waals surface area contributed by atoms with Gasteiger partial charge in [0.1, 0.15) is 11.8 Å². The smallest absolute Gasteiger partial charge is 0.255 e. The van der Waals surface area contributed by atoms with E-state index in [2.05, 4.69) is 20.2 Å². The van der Waals surface area contributed by atoms with E-state index >= 15 is 0 Å². The molecule has 0 aliphatic carbocycles. The summed E-state index contributed by atoms with van der Waals surface area (Å²) < 4.78 is 1.70. The highest BCUT2D eigenvalue weighted by Crippen LogP contribution is 2.15. The molecule has 0 amide bonds. The van der Waals surface area contributed by atoms with Crippen LogP contribution in [0.5, 0.6) is 0 Å². The van der Waals surface area contributed by atoms with Gasteiger partial charge in [-0.3, -0.25) is 4.57 Å². The lowest BCUT2D eigenvalue weighted by atomic mass is 10.3. The van der Waals surface area contributed by atoms with Gasteiger partial charge in [0.05, 0.1) is 5.52 Å². The predicted octanol–water partition coefficient (Wildman–Crippen LogP) is 1.86. The van der Waals surface area contributed by atoms with Crippen molar-refractivity contribution in [3.8, 4) is 5.95 Å². The first kappa shape index (κ1) is 9.23. The third kappa shape index (κ3) is 1.51. The molecule has 3 aromatic rings. The monoisotopic (exact) mass is 231 g/mol. The molecule has 0 radical (unpaired) electrons. The van der Waals surface area contributed by atoms with Crippen LogP contribution in [0, 0.1) is 0 Å². The molecule has 2 aromatic heterocycles. The lowest BCUT2D eigenvalue weighted by molar-refractivity contribution is 0.880. The Balaban J connectivity index is 2.20.